The molecule has 0 amide bonds. The molecule has 3 heteroatoms. The molecule has 0 aliphatic carbocycles. The van der Waals surface area contributed by atoms with Crippen molar-refractivity contribution in [2.45, 2.75) is 13.0 Å². The van der Waals surface area contributed by atoms with Gasteiger partial charge in [0.05, 0.1) is 6.04 Å². The van der Waals surface area contributed by atoms with E-state index in [1.54, 1.807) is 11.3 Å². The van der Waals surface area contributed by atoms with Crippen molar-refractivity contribution in [1.82, 2.24) is 0 Å². The van der Waals surface area contributed by atoms with E-state index in [2.05, 4.69) is 47.5 Å². The van der Waals surface area contributed by atoms with Crippen LogP contribution in [0.25, 0.3) is 0 Å². The zero-order valence-electron chi connectivity index (χ0n) is 10.5. The van der Waals surface area contributed by atoms with Gasteiger partial charge in [-0.25, -0.2) is 0 Å². The first kappa shape index (κ1) is 12.1. The summed E-state index contributed by atoms with van der Waals surface area (Å²) in [7, 11) is 4.09. The molecule has 2 nitrogen and oxygen atoms in total. The molecule has 0 spiro atoms. The highest BCUT2D eigenvalue weighted by Gasteiger charge is 2.13. The normalized spacial score (nSPS) is 12.5. The van der Waals surface area contributed by atoms with Crippen molar-refractivity contribution in [2.24, 2.45) is 5.73 Å². The van der Waals surface area contributed by atoms with Crippen LogP contribution in [0.3, 0.4) is 0 Å². The van der Waals surface area contributed by atoms with Gasteiger partial charge >= 0.3 is 0 Å². The molecule has 0 radical (unpaired) electrons. The second-order valence-electron chi connectivity index (χ2n) is 4.43. The molecule has 1 aromatic heterocycles. The van der Waals surface area contributed by atoms with E-state index >= 15 is 0 Å². The molecule has 1 atom stereocenters. The summed E-state index contributed by atoms with van der Waals surface area (Å²) < 4.78 is 0. The molecule has 90 valence electrons. The third kappa shape index (κ3) is 2.51. The molecule has 0 fully saturated rings. The lowest BCUT2D eigenvalue weighted by Crippen LogP contribution is -2.13. The van der Waals surface area contributed by atoms with E-state index < -0.39 is 0 Å². The van der Waals surface area contributed by atoms with Gasteiger partial charge in [-0.05, 0) is 41.6 Å². The van der Waals surface area contributed by atoms with Crippen LogP contribution in [0.1, 0.15) is 22.0 Å². The summed E-state index contributed by atoms with van der Waals surface area (Å²) in [5, 5.41) is 2.10. The fourth-order valence-corrected chi connectivity index (χ4v) is 2.81. The van der Waals surface area contributed by atoms with Crippen molar-refractivity contribution in [1.29, 1.82) is 0 Å². The second kappa shape index (κ2) is 4.90. The van der Waals surface area contributed by atoms with Crippen LogP contribution in [0.5, 0.6) is 0 Å². The summed E-state index contributed by atoms with van der Waals surface area (Å²) in [6.07, 6.45) is 0. The van der Waals surface area contributed by atoms with Crippen LogP contribution in [-0.2, 0) is 0 Å². The first-order chi connectivity index (χ1) is 8.09. The largest absolute Gasteiger partial charge is 0.378 e. The van der Waals surface area contributed by atoms with Crippen molar-refractivity contribution in [3.63, 3.8) is 0 Å². The topological polar surface area (TPSA) is 29.3 Å². The number of nitrogens with two attached hydrogens (primary N) is 1. The van der Waals surface area contributed by atoms with Crippen molar-refractivity contribution >= 4 is 17.0 Å². The number of thiophene rings is 1. The lowest BCUT2D eigenvalue weighted by atomic mass is 10.0. The number of aryl methyl sites for hydroxylation is 1. The standard InChI is InChI=1S/C14H18N2S/c1-10-7-8-17-14(10)13(15)11-5-4-6-12(9-11)16(2)3/h4-9,13H,15H2,1-3H3. The summed E-state index contributed by atoms with van der Waals surface area (Å²) in [5.41, 5.74) is 9.95. The SMILES string of the molecule is Cc1ccsc1C(N)c1cccc(N(C)C)c1. The molecule has 2 rings (SSSR count). The van der Waals surface area contributed by atoms with E-state index in [4.69, 9.17) is 5.73 Å². The van der Waals surface area contributed by atoms with Crippen LogP contribution >= 0.6 is 11.3 Å². The van der Waals surface area contributed by atoms with Gasteiger partial charge in [-0.3, -0.25) is 0 Å². The molecule has 2 aromatic rings. The number of benzene rings is 1. The van der Waals surface area contributed by atoms with Gasteiger partial charge in [0.15, 0.2) is 0 Å². The molecule has 1 aromatic carbocycles. The minimum Gasteiger partial charge on any atom is -0.378 e. The minimum atomic E-state index is -0.0186. The number of hydrogen-bond donors (Lipinski definition) is 1. The highest BCUT2D eigenvalue weighted by atomic mass is 32.1. The summed E-state index contributed by atoms with van der Waals surface area (Å²) in [5.74, 6) is 0. The van der Waals surface area contributed by atoms with Gasteiger partial charge < -0.3 is 10.6 Å². The van der Waals surface area contributed by atoms with E-state index in [0.29, 0.717) is 0 Å². The number of anilines is 1. The first-order valence-electron chi connectivity index (χ1n) is 5.66. The van der Waals surface area contributed by atoms with Crippen LogP contribution in [0.4, 0.5) is 5.69 Å². The Morgan fingerprint density at radius 3 is 2.59 bits per heavy atom. The Morgan fingerprint density at radius 2 is 2.00 bits per heavy atom. The molecule has 1 unspecified atom stereocenters. The van der Waals surface area contributed by atoms with Gasteiger partial charge in [0, 0.05) is 24.7 Å². The zero-order chi connectivity index (χ0) is 12.4. The average Bonchev–Trinajstić information content (AvgIpc) is 2.74. The van der Waals surface area contributed by atoms with Crippen LogP contribution in [0.2, 0.25) is 0 Å². The van der Waals surface area contributed by atoms with Gasteiger partial charge in [0.2, 0.25) is 0 Å². The fourth-order valence-electron chi connectivity index (χ4n) is 1.85. The van der Waals surface area contributed by atoms with Crippen molar-refractivity contribution in [3.05, 3.63) is 51.7 Å². The number of hydrogen-bond acceptors (Lipinski definition) is 3. The maximum atomic E-state index is 6.32. The Kier molecular flexibility index (Phi) is 3.50. The molecule has 0 bridgehead atoms. The Hall–Kier alpha value is -1.32. The predicted molar refractivity (Wildman–Crippen MR) is 75.9 cm³/mol. The molecule has 17 heavy (non-hydrogen) atoms. The third-order valence-corrected chi connectivity index (χ3v) is 4.03. The van der Waals surface area contributed by atoms with E-state index in [0.717, 1.165) is 0 Å². The summed E-state index contributed by atoms with van der Waals surface area (Å²) in [6, 6.07) is 10.5. The smallest absolute Gasteiger partial charge is 0.0649 e. The second-order valence-corrected chi connectivity index (χ2v) is 5.38. The Balaban J connectivity index is 2.34. The molecular formula is C14H18N2S. The summed E-state index contributed by atoms with van der Waals surface area (Å²) in [6.45, 7) is 2.11. The van der Waals surface area contributed by atoms with Gasteiger partial charge in [-0.1, -0.05) is 12.1 Å². The molecule has 1 heterocycles. The van der Waals surface area contributed by atoms with Crippen LogP contribution in [0, 0.1) is 6.92 Å². The van der Waals surface area contributed by atoms with Crippen molar-refractivity contribution in [3.8, 4) is 0 Å². The minimum absolute atomic E-state index is 0.0186. The zero-order valence-corrected chi connectivity index (χ0v) is 11.3. The average molecular weight is 246 g/mol. The molecule has 0 saturated heterocycles. The predicted octanol–water partition coefficient (Wildman–Crippen LogP) is 3.17. The lowest BCUT2D eigenvalue weighted by Gasteiger charge is -2.17. The van der Waals surface area contributed by atoms with Gasteiger partial charge in [0.1, 0.15) is 0 Å². The van der Waals surface area contributed by atoms with Crippen molar-refractivity contribution in [2.75, 3.05) is 19.0 Å². The van der Waals surface area contributed by atoms with E-state index in [-0.39, 0.29) is 6.04 Å². The molecular weight excluding hydrogens is 228 g/mol. The van der Waals surface area contributed by atoms with E-state index in [1.165, 1.54) is 21.7 Å². The third-order valence-electron chi connectivity index (χ3n) is 2.93. The Labute approximate surface area is 107 Å². The maximum Gasteiger partial charge on any atom is 0.0649 e. The maximum absolute atomic E-state index is 6.32. The number of nitrogens with zero attached hydrogens (tertiary/aromatic N) is 1. The van der Waals surface area contributed by atoms with Crippen LogP contribution < -0.4 is 10.6 Å². The van der Waals surface area contributed by atoms with Gasteiger partial charge in [0.25, 0.3) is 0 Å². The highest BCUT2D eigenvalue weighted by molar-refractivity contribution is 7.10. The van der Waals surface area contributed by atoms with Gasteiger partial charge in [-0.2, -0.15) is 0 Å². The van der Waals surface area contributed by atoms with Gasteiger partial charge in [-0.15, -0.1) is 11.3 Å². The highest BCUT2D eigenvalue weighted by Crippen LogP contribution is 2.28. The Bertz CT molecular complexity index is 502. The fraction of sp³-hybridized carbons (Fsp3) is 0.286. The first-order valence-corrected chi connectivity index (χ1v) is 6.54. The molecule has 0 saturated carbocycles. The van der Waals surface area contributed by atoms with Crippen LogP contribution in [0.15, 0.2) is 35.7 Å². The van der Waals surface area contributed by atoms with E-state index in [9.17, 15) is 0 Å². The van der Waals surface area contributed by atoms with Crippen LogP contribution in [-0.4, -0.2) is 14.1 Å². The quantitative estimate of drug-likeness (QED) is 0.901. The Morgan fingerprint density at radius 1 is 1.24 bits per heavy atom. The molecule has 0 aliphatic heterocycles. The monoisotopic (exact) mass is 246 g/mol. The number of rotatable bonds is 3. The summed E-state index contributed by atoms with van der Waals surface area (Å²) in [4.78, 5) is 3.35. The van der Waals surface area contributed by atoms with Crippen molar-refractivity contribution < 1.29 is 0 Å². The lowest BCUT2D eigenvalue weighted by molar-refractivity contribution is 0.883. The summed E-state index contributed by atoms with van der Waals surface area (Å²) >= 11 is 1.73. The molecule has 0 aliphatic rings. The van der Waals surface area contributed by atoms with E-state index in [1.807, 2.05) is 14.1 Å². The molecule has 2 N–H and O–H groups in total.